The Morgan fingerprint density at radius 3 is 1.18 bits per heavy atom. The molecule has 0 amide bonds. The predicted octanol–water partition coefficient (Wildman–Crippen LogP) is -4.24. The van der Waals surface area contributed by atoms with E-state index in [1.54, 1.807) is 0 Å². The van der Waals surface area contributed by atoms with Gasteiger partial charge in [-0.25, -0.2) is 0 Å². The summed E-state index contributed by atoms with van der Waals surface area (Å²) in [6.07, 6.45) is 0. The number of hydrogen-bond acceptors (Lipinski definition) is 7. The van der Waals surface area contributed by atoms with E-state index in [4.69, 9.17) is 24.6 Å². The smallest absolute Gasteiger partial charge is 0.554 e. The molecular weight excluding hydrogens is 210 g/mol. The van der Waals surface area contributed by atoms with Crippen LogP contribution in [0.3, 0.4) is 0 Å². The molecule has 0 atom stereocenters. The maximum atomic E-state index is 8.83. The Hall–Kier alpha value is -1.11. The Morgan fingerprint density at radius 1 is 1.09 bits per heavy atom. The SMILES string of the molecule is NOC=O.O=C[O-].O=C[O-].[Cu+2]. The zero-order chi connectivity index (χ0) is 8.83. The van der Waals surface area contributed by atoms with Crippen LogP contribution >= 0.6 is 0 Å². The zero-order valence-corrected chi connectivity index (χ0v) is 6.00. The van der Waals surface area contributed by atoms with Crippen LogP contribution in [0.2, 0.25) is 0 Å². The van der Waals surface area contributed by atoms with Crippen LogP contribution in [0, 0.1) is 0 Å². The van der Waals surface area contributed by atoms with E-state index in [1.165, 1.54) is 0 Å². The van der Waals surface area contributed by atoms with Gasteiger partial charge in [0.1, 0.15) is 0 Å². The molecule has 1 radical (unpaired) electrons. The topological polar surface area (TPSA) is 133 Å². The monoisotopic (exact) mass is 214 g/mol. The van der Waals surface area contributed by atoms with E-state index in [9.17, 15) is 0 Å². The van der Waals surface area contributed by atoms with Gasteiger partial charge in [-0.3, -0.25) is 4.79 Å². The number of carbonyl (C=O) groups is 3. The summed E-state index contributed by atoms with van der Waals surface area (Å²) in [4.78, 5) is 28.7. The van der Waals surface area contributed by atoms with Crippen LogP contribution in [0.4, 0.5) is 0 Å². The van der Waals surface area contributed by atoms with Gasteiger partial charge in [-0.2, -0.15) is 5.90 Å². The zero-order valence-electron chi connectivity index (χ0n) is 5.06. The van der Waals surface area contributed by atoms with E-state index in [0.29, 0.717) is 0 Å². The Kier molecular flexibility index (Phi) is 136. The first kappa shape index (κ1) is 22.5. The van der Waals surface area contributed by atoms with Gasteiger partial charge in [0.2, 0.25) is 0 Å². The third-order valence-electron chi connectivity index (χ3n) is 0.0556. The largest absolute Gasteiger partial charge is 2.00 e. The molecule has 0 aromatic rings. The van der Waals surface area contributed by atoms with Crippen molar-refractivity contribution in [3.63, 3.8) is 0 Å². The van der Waals surface area contributed by atoms with Crippen LogP contribution in [0.25, 0.3) is 0 Å². The van der Waals surface area contributed by atoms with Crippen molar-refractivity contribution in [3.8, 4) is 0 Å². The van der Waals surface area contributed by atoms with Gasteiger partial charge < -0.3 is 24.6 Å². The average molecular weight is 215 g/mol. The van der Waals surface area contributed by atoms with Gasteiger partial charge in [-0.05, 0) is 0 Å². The van der Waals surface area contributed by atoms with Crippen LogP contribution in [-0.2, 0) is 36.3 Å². The predicted molar refractivity (Wildman–Crippen MR) is 23.5 cm³/mol. The normalized spacial score (nSPS) is 4.09. The Bertz CT molecular complexity index is 72.2. The second kappa shape index (κ2) is 66.3. The molecule has 0 aliphatic carbocycles. The van der Waals surface area contributed by atoms with Crippen LogP contribution < -0.4 is 16.1 Å². The van der Waals surface area contributed by atoms with Crippen LogP contribution in [-0.4, -0.2) is 19.4 Å². The molecule has 7 nitrogen and oxygen atoms in total. The molecule has 0 fully saturated rings. The fraction of sp³-hybridized carbons (Fsp3) is 0. The molecule has 0 heterocycles. The van der Waals surface area contributed by atoms with E-state index in [1.807, 2.05) is 0 Å². The molecule has 0 aromatic carbocycles. The van der Waals surface area contributed by atoms with Gasteiger partial charge in [0.05, 0.1) is 0 Å². The van der Waals surface area contributed by atoms with Crippen LogP contribution in [0.1, 0.15) is 0 Å². The van der Waals surface area contributed by atoms with Crippen molar-refractivity contribution in [1.82, 2.24) is 0 Å². The van der Waals surface area contributed by atoms with Crippen molar-refractivity contribution in [2.75, 3.05) is 0 Å². The van der Waals surface area contributed by atoms with Crippen molar-refractivity contribution >= 4 is 19.4 Å². The molecule has 0 spiro atoms. The van der Waals surface area contributed by atoms with Crippen LogP contribution in [0.15, 0.2) is 0 Å². The van der Waals surface area contributed by atoms with E-state index in [0.717, 1.165) is 0 Å². The fourth-order valence-electron chi connectivity index (χ4n) is 0. The molecule has 0 rings (SSSR count). The summed E-state index contributed by atoms with van der Waals surface area (Å²) in [5.41, 5.74) is 0. The third kappa shape index (κ3) is 34500. The Balaban J connectivity index is -0.0000000325. The summed E-state index contributed by atoms with van der Waals surface area (Å²) < 4.78 is 0. The third-order valence-corrected chi connectivity index (χ3v) is 0.0556. The van der Waals surface area contributed by atoms with Crippen molar-refractivity contribution in [1.29, 1.82) is 0 Å². The van der Waals surface area contributed by atoms with Gasteiger partial charge in [0.15, 0.2) is 0 Å². The first-order valence-corrected chi connectivity index (χ1v) is 1.65. The molecule has 8 heteroatoms. The van der Waals surface area contributed by atoms with E-state index >= 15 is 0 Å². The summed E-state index contributed by atoms with van der Waals surface area (Å²) in [5, 5.41) is 16.5. The summed E-state index contributed by atoms with van der Waals surface area (Å²) in [6.45, 7) is -0.847. The summed E-state index contributed by atoms with van der Waals surface area (Å²) in [6, 6.07) is 0. The van der Waals surface area contributed by atoms with Crippen molar-refractivity contribution < 1.29 is 46.5 Å². The second-order valence-electron chi connectivity index (χ2n) is 0.425. The Labute approximate surface area is 72.6 Å². The molecule has 0 unspecified atom stereocenters. The quantitative estimate of drug-likeness (QED) is 0.266. The molecule has 0 aromatic heterocycles. The molecule has 0 aliphatic heterocycles. The molecule has 0 saturated heterocycles. The summed E-state index contributed by atoms with van der Waals surface area (Å²) in [5.74, 6) is 4.16. The average Bonchev–Trinajstić information content (AvgIpc) is 1.91. The maximum Gasteiger partial charge on any atom is 2.00 e. The van der Waals surface area contributed by atoms with Gasteiger partial charge in [0, 0.05) is 12.9 Å². The molecule has 69 valence electrons. The molecule has 2 N–H and O–H groups in total. The van der Waals surface area contributed by atoms with Crippen molar-refractivity contribution in [3.05, 3.63) is 0 Å². The van der Waals surface area contributed by atoms with Gasteiger partial charge in [-0.1, -0.05) is 0 Å². The van der Waals surface area contributed by atoms with Gasteiger partial charge >= 0.3 is 23.5 Å². The summed E-state index contributed by atoms with van der Waals surface area (Å²) in [7, 11) is 0. The number of hydrogen-bond donors (Lipinski definition) is 1. The first-order chi connectivity index (χ1) is 4.74. The Morgan fingerprint density at radius 2 is 1.18 bits per heavy atom. The van der Waals surface area contributed by atoms with Crippen molar-refractivity contribution in [2.24, 2.45) is 5.90 Å². The van der Waals surface area contributed by atoms with Crippen LogP contribution in [0.5, 0.6) is 0 Å². The van der Waals surface area contributed by atoms with E-state index in [-0.39, 0.29) is 23.5 Å². The minimum Gasteiger partial charge on any atom is -0.554 e. The van der Waals surface area contributed by atoms with Gasteiger partial charge in [0.25, 0.3) is 0 Å². The number of nitrogens with two attached hydrogens (primary N) is 1. The number of carbonyl (C=O) groups excluding carboxylic acids is 3. The molecule has 0 aliphatic rings. The second-order valence-corrected chi connectivity index (χ2v) is 0.425. The summed E-state index contributed by atoms with van der Waals surface area (Å²) >= 11 is 0. The molecule has 11 heavy (non-hydrogen) atoms. The van der Waals surface area contributed by atoms with Crippen molar-refractivity contribution in [2.45, 2.75) is 0 Å². The van der Waals surface area contributed by atoms with Gasteiger partial charge in [-0.15, -0.1) is 0 Å². The first-order valence-electron chi connectivity index (χ1n) is 1.65. The minimum absolute atomic E-state index is 0. The standard InChI is InChI=1S/CH3NO2.2CH2O2.Cu/c2-4-1-3;2*2-1-3;/h1H,2H2;2*1H,(H,2,3);/q;;;+2/p-2. The minimum atomic E-state index is -0.500. The number of rotatable bonds is 1. The molecule has 0 saturated carbocycles. The maximum absolute atomic E-state index is 8.83. The molecular formula is C3H5CuNO6. The fourth-order valence-corrected chi connectivity index (χ4v) is 0. The van der Waals surface area contributed by atoms with E-state index < -0.39 is 12.9 Å². The molecule has 0 bridgehead atoms. The van der Waals surface area contributed by atoms with E-state index in [2.05, 4.69) is 10.7 Å². The number of carboxylic acid groups (broad SMARTS) is 2.